The minimum absolute atomic E-state index is 0.144. The first-order chi connectivity index (χ1) is 10.7. The maximum absolute atomic E-state index is 12.6. The first kappa shape index (κ1) is 14.5. The van der Waals surface area contributed by atoms with Crippen LogP contribution in [0.1, 0.15) is 6.92 Å². The Hall–Kier alpha value is -2.40. The standard InChI is InChI=1S/C17H16N2O2S/c1-11-16(22-15-10-6-4-8-13(15)18-11)17(20)19-12-7-3-5-9-14(12)21-2/h3-10,18H,1-2H3,(H,19,20). The van der Waals surface area contributed by atoms with Crippen LogP contribution in [-0.4, -0.2) is 13.0 Å². The van der Waals surface area contributed by atoms with Crippen LogP contribution < -0.4 is 15.4 Å². The number of methoxy groups -OCH3 is 1. The quantitative estimate of drug-likeness (QED) is 0.896. The largest absolute Gasteiger partial charge is 0.495 e. The number of ether oxygens (including phenoxy) is 1. The fourth-order valence-corrected chi connectivity index (χ4v) is 3.19. The third-order valence-corrected chi connectivity index (χ3v) is 4.59. The minimum Gasteiger partial charge on any atom is -0.495 e. The minimum atomic E-state index is -0.144. The normalized spacial score (nSPS) is 13.2. The summed E-state index contributed by atoms with van der Waals surface area (Å²) in [6, 6.07) is 15.3. The van der Waals surface area contributed by atoms with Crippen molar-refractivity contribution in [3.8, 4) is 5.75 Å². The molecule has 0 spiro atoms. The van der Waals surface area contributed by atoms with Crippen LogP contribution in [0.5, 0.6) is 5.75 Å². The number of allylic oxidation sites excluding steroid dienone is 1. The Morgan fingerprint density at radius 3 is 2.68 bits per heavy atom. The van der Waals surface area contributed by atoms with Gasteiger partial charge in [-0.25, -0.2) is 0 Å². The van der Waals surface area contributed by atoms with E-state index < -0.39 is 0 Å². The van der Waals surface area contributed by atoms with E-state index in [0.717, 1.165) is 16.3 Å². The summed E-state index contributed by atoms with van der Waals surface area (Å²) in [7, 11) is 1.59. The van der Waals surface area contributed by atoms with Crippen molar-refractivity contribution < 1.29 is 9.53 Å². The number of para-hydroxylation sites is 3. The van der Waals surface area contributed by atoms with Gasteiger partial charge in [-0.2, -0.15) is 0 Å². The second-order valence-electron chi connectivity index (χ2n) is 4.83. The highest BCUT2D eigenvalue weighted by atomic mass is 32.2. The van der Waals surface area contributed by atoms with Gasteiger partial charge in [0.1, 0.15) is 5.75 Å². The molecule has 1 aliphatic heterocycles. The lowest BCUT2D eigenvalue weighted by Crippen LogP contribution is -2.18. The molecule has 0 aromatic heterocycles. The Morgan fingerprint density at radius 2 is 1.86 bits per heavy atom. The van der Waals surface area contributed by atoms with E-state index >= 15 is 0 Å². The maximum atomic E-state index is 12.6. The first-order valence-electron chi connectivity index (χ1n) is 6.88. The summed E-state index contributed by atoms with van der Waals surface area (Å²) in [5.41, 5.74) is 2.53. The summed E-state index contributed by atoms with van der Waals surface area (Å²) >= 11 is 1.47. The number of carbonyl (C=O) groups is 1. The lowest BCUT2D eigenvalue weighted by atomic mass is 10.2. The molecule has 3 rings (SSSR count). The van der Waals surface area contributed by atoms with Gasteiger partial charge >= 0.3 is 0 Å². The van der Waals surface area contributed by atoms with Gasteiger partial charge in [-0.15, -0.1) is 0 Å². The van der Waals surface area contributed by atoms with Crippen LogP contribution in [0.2, 0.25) is 0 Å². The van der Waals surface area contributed by atoms with Crippen molar-refractivity contribution in [2.45, 2.75) is 11.8 Å². The van der Waals surface area contributed by atoms with Crippen LogP contribution in [-0.2, 0) is 4.79 Å². The van der Waals surface area contributed by atoms with Gasteiger partial charge in [0.05, 0.1) is 23.4 Å². The van der Waals surface area contributed by atoms with E-state index in [1.807, 2.05) is 55.5 Å². The number of thioether (sulfide) groups is 1. The van der Waals surface area contributed by atoms with E-state index in [1.165, 1.54) is 11.8 Å². The van der Waals surface area contributed by atoms with Gasteiger partial charge < -0.3 is 15.4 Å². The smallest absolute Gasteiger partial charge is 0.264 e. The van der Waals surface area contributed by atoms with Crippen molar-refractivity contribution in [2.24, 2.45) is 0 Å². The van der Waals surface area contributed by atoms with Crippen molar-refractivity contribution in [3.63, 3.8) is 0 Å². The first-order valence-corrected chi connectivity index (χ1v) is 7.70. The van der Waals surface area contributed by atoms with Crippen LogP contribution in [0.15, 0.2) is 64.0 Å². The van der Waals surface area contributed by atoms with Crippen molar-refractivity contribution in [3.05, 3.63) is 59.1 Å². The Labute approximate surface area is 133 Å². The van der Waals surface area contributed by atoms with Crippen LogP contribution in [0.25, 0.3) is 0 Å². The molecule has 2 aromatic carbocycles. The Bertz CT molecular complexity index is 756. The van der Waals surface area contributed by atoms with E-state index in [0.29, 0.717) is 16.3 Å². The molecule has 0 fully saturated rings. The number of anilines is 2. The summed E-state index contributed by atoms with van der Waals surface area (Å²) < 4.78 is 5.26. The number of fused-ring (bicyclic) bond motifs is 1. The van der Waals surface area contributed by atoms with Gasteiger partial charge in [0.2, 0.25) is 0 Å². The third-order valence-electron chi connectivity index (χ3n) is 3.32. The van der Waals surface area contributed by atoms with Crippen LogP contribution >= 0.6 is 11.8 Å². The number of hydrogen-bond acceptors (Lipinski definition) is 4. The molecule has 4 nitrogen and oxygen atoms in total. The van der Waals surface area contributed by atoms with Gasteiger partial charge in [-0.1, -0.05) is 36.0 Å². The monoisotopic (exact) mass is 312 g/mol. The average molecular weight is 312 g/mol. The summed E-state index contributed by atoms with van der Waals surface area (Å²) in [6.45, 7) is 1.90. The molecule has 0 radical (unpaired) electrons. The van der Waals surface area contributed by atoms with Gasteiger partial charge in [0, 0.05) is 10.6 Å². The topological polar surface area (TPSA) is 50.4 Å². The number of rotatable bonds is 3. The second-order valence-corrected chi connectivity index (χ2v) is 5.88. The highest BCUT2D eigenvalue weighted by Gasteiger charge is 2.22. The van der Waals surface area contributed by atoms with Gasteiger partial charge in [-0.3, -0.25) is 4.79 Å². The number of carbonyl (C=O) groups excluding carboxylic acids is 1. The van der Waals surface area contributed by atoms with Crippen molar-refractivity contribution in [2.75, 3.05) is 17.7 Å². The average Bonchev–Trinajstić information content (AvgIpc) is 2.54. The van der Waals surface area contributed by atoms with Gasteiger partial charge in [0.15, 0.2) is 0 Å². The molecule has 2 aromatic rings. The zero-order chi connectivity index (χ0) is 15.5. The maximum Gasteiger partial charge on any atom is 0.264 e. The fraction of sp³-hybridized carbons (Fsp3) is 0.118. The molecule has 1 amide bonds. The highest BCUT2D eigenvalue weighted by molar-refractivity contribution is 8.04. The molecular weight excluding hydrogens is 296 g/mol. The fourth-order valence-electron chi connectivity index (χ4n) is 2.25. The Kier molecular flexibility index (Phi) is 4.06. The number of hydrogen-bond donors (Lipinski definition) is 2. The van der Waals surface area contributed by atoms with Crippen LogP contribution in [0.3, 0.4) is 0 Å². The van der Waals surface area contributed by atoms with Crippen molar-refractivity contribution >= 4 is 29.0 Å². The number of amides is 1. The summed E-state index contributed by atoms with van der Waals surface area (Å²) in [4.78, 5) is 14.3. The highest BCUT2D eigenvalue weighted by Crippen LogP contribution is 2.40. The zero-order valence-corrected chi connectivity index (χ0v) is 13.2. The molecule has 2 N–H and O–H groups in total. The third kappa shape index (κ3) is 2.80. The Balaban J connectivity index is 1.84. The molecule has 0 unspecified atom stereocenters. The SMILES string of the molecule is COc1ccccc1NC(=O)C1=C(C)Nc2ccccc2S1. The van der Waals surface area contributed by atoms with Gasteiger partial charge in [0.25, 0.3) is 5.91 Å². The van der Waals surface area contributed by atoms with Crippen molar-refractivity contribution in [1.82, 2.24) is 0 Å². The predicted octanol–water partition coefficient (Wildman–Crippen LogP) is 4.08. The predicted molar refractivity (Wildman–Crippen MR) is 90.2 cm³/mol. The lowest BCUT2D eigenvalue weighted by molar-refractivity contribution is -0.112. The number of benzene rings is 2. The molecule has 0 atom stereocenters. The molecular formula is C17H16N2O2S. The molecule has 112 valence electrons. The van der Waals surface area contributed by atoms with E-state index in [4.69, 9.17) is 4.74 Å². The van der Waals surface area contributed by atoms with E-state index in [-0.39, 0.29) is 5.91 Å². The molecule has 5 heteroatoms. The second kappa shape index (κ2) is 6.15. The van der Waals surface area contributed by atoms with Crippen LogP contribution in [0.4, 0.5) is 11.4 Å². The molecule has 0 aliphatic carbocycles. The van der Waals surface area contributed by atoms with E-state index in [2.05, 4.69) is 10.6 Å². The van der Waals surface area contributed by atoms with E-state index in [9.17, 15) is 4.79 Å². The van der Waals surface area contributed by atoms with Gasteiger partial charge in [-0.05, 0) is 31.2 Å². The zero-order valence-electron chi connectivity index (χ0n) is 12.3. The summed E-state index contributed by atoms with van der Waals surface area (Å²) in [5.74, 6) is 0.497. The van der Waals surface area contributed by atoms with E-state index in [1.54, 1.807) is 7.11 Å². The summed E-state index contributed by atoms with van der Waals surface area (Å²) in [6.07, 6.45) is 0. The molecule has 22 heavy (non-hydrogen) atoms. The molecule has 1 heterocycles. The summed E-state index contributed by atoms with van der Waals surface area (Å²) in [5, 5.41) is 6.18. The van der Waals surface area contributed by atoms with Crippen LogP contribution in [0, 0.1) is 0 Å². The molecule has 0 bridgehead atoms. The number of nitrogens with one attached hydrogen (secondary N) is 2. The molecule has 0 saturated carbocycles. The molecule has 1 aliphatic rings. The molecule has 0 saturated heterocycles. The van der Waals surface area contributed by atoms with Crippen molar-refractivity contribution in [1.29, 1.82) is 0 Å². The Morgan fingerprint density at radius 1 is 1.14 bits per heavy atom. The lowest BCUT2D eigenvalue weighted by Gasteiger charge is -2.21.